The summed E-state index contributed by atoms with van der Waals surface area (Å²) >= 11 is 0. The molecule has 112 valence electrons. The summed E-state index contributed by atoms with van der Waals surface area (Å²) < 4.78 is 11.0. The normalized spacial score (nSPS) is 10.4. The molecule has 1 aromatic rings. The Kier molecular flexibility index (Phi) is 7.55. The number of hydrogen-bond donors (Lipinski definition) is 1. The summed E-state index contributed by atoms with van der Waals surface area (Å²) in [5, 5.41) is 2.81. The maximum Gasteiger partial charge on any atom is 0.257 e. The Labute approximate surface area is 121 Å². The van der Waals surface area contributed by atoms with Crippen molar-refractivity contribution in [3.63, 3.8) is 0 Å². The molecule has 0 aromatic heterocycles. The minimum Gasteiger partial charge on any atom is -0.494 e. The van der Waals surface area contributed by atoms with E-state index in [1.165, 1.54) is 0 Å². The van der Waals surface area contributed by atoms with Gasteiger partial charge in [-0.05, 0) is 36.6 Å². The van der Waals surface area contributed by atoms with E-state index in [1.54, 1.807) is 0 Å². The zero-order valence-corrected chi connectivity index (χ0v) is 12.6. The Morgan fingerprint density at radius 1 is 1.15 bits per heavy atom. The second-order valence-corrected chi connectivity index (χ2v) is 5.16. The van der Waals surface area contributed by atoms with Crippen molar-refractivity contribution < 1.29 is 14.3 Å². The Bertz CT molecular complexity index is 387. The maximum absolute atomic E-state index is 11.5. The highest BCUT2D eigenvalue weighted by atomic mass is 16.5. The van der Waals surface area contributed by atoms with Crippen LogP contribution in [0.5, 0.6) is 11.5 Å². The standard InChI is InChI=1S/C16H25NO3/c1-4-5-10-19-14-6-8-15(9-7-14)20-12-16(18)17-11-13(2)3/h6-9,13H,4-5,10-12H2,1-3H3,(H,17,18). The molecular formula is C16H25NO3. The second-order valence-electron chi connectivity index (χ2n) is 5.16. The molecule has 0 saturated heterocycles. The predicted octanol–water partition coefficient (Wildman–Crippen LogP) is 3.02. The molecule has 0 heterocycles. The molecule has 4 heteroatoms. The van der Waals surface area contributed by atoms with Gasteiger partial charge in [-0.2, -0.15) is 0 Å². The highest BCUT2D eigenvalue weighted by Gasteiger charge is 2.03. The molecule has 0 unspecified atom stereocenters. The number of nitrogens with one attached hydrogen (secondary N) is 1. The highest BCUT2D eigenvalue weighted by Crippen LogP contribution is 2.17. The van der Waals surface area contributed by atoms with Crippen LogP contribution in [-0.2, 0) is 4.79 Å². The summed E-state index contributed by atoms with van der Waals surface area (Å²) in [6, 6.07) is 7.35. The van der Waals surface area contributed by atoms with E-state index < -0.39 is 0 Å². The average Bonchev–Trinajstić information content (AvgIpc) is 2.44. The number of rotatable bonds is 9. The molecule has 0 spiro atoms. The van der Waals surface area contributed by atoms with Crippen LogP contribution >= 0.6 is 0 Å². The Morgan fingerprint density at radius 2 is 1.75 bits per heavy atom. The Balaban J connectivity index is 2.28. The molecule has 0 fully saturated rings. The van der Waals surface area contributed by atoms with Crippen molar-refractivity contribution in [1.29, 1.82) is 0 Å². The van der Waals surface area contributed by atoms with Crippen molar-refractivity contribution in [2.24, 2.45) is 5.92 Å². The number of carbonyl (C=O) groups is 1. The first kappa shape index (κ1) is 16.3. The van der Waals surface area contributed by atoms with Crippen molar-refractivity contribution >= 4 is 5.91 Å². The van der Waals surface area contributed by atoms with Gasteiger partial charge >= 0.3 is 0 Å². The third-order valence-electron chi connectivity index (χ3n) is 2.67. The molecule has 1 amide bonds. The lowest BCUT2D eigenvalue weighted by Gasteiger charge is -2.10. The fourth-order valence-electron chi connectivity index (χ4n) is 1.48. The number of ether oxygens (including phenoxy) is 2. The zero-order chi connectivity index (χ0) is 14.8. The van der Waals surface area contributed by atoms with Crippen LogP contribution < -0.4 is 14.8 Å². The van der Waals surface area contributed by atoms with Crippen LogP contribution in [0.3, 0.4) is 0 Å². The molecule has 4 nitrogen and oxygen atoms in total. The van der Waals surface area contributed by atoms with Crippen LogP contribution in [0.2, 0.25) is 0 Å². The van der Waals surface area contributed by atoms with Crippen LogP contribution in [0.1, 0.15) is 33.6 Å². The summed E-state index contributed by atoms with van der Waals surface area (Å²) in [5.74, 6) is 1.85. The fraction of sp³-hybridized carbons (Fsp3) is 0.562. The van der Waals surface area contributed by atoms with Gasteiger partial charge in [0.1, 0.15) is 11.5 Å². The van der Waals surface area contributed by atoms with Gasteiger partial charge < -0.3 is 14.8 Å². The zero-order valence-electron chi connectivity index (χ0n) is 12.6. The van der Waals surface area contributed by atoms with Crippen LogP contribution in [0.15, 0.2) is 24.3 Å². The monoisotopic (exact) mass is 279 g/mol. The molecule has 20 heavy (non-hydrogen) atoms. The quantitative estimate of drug-likeness (QED) is 0.707. The van der Waals surface area contributed by atoms with E-state index >= 15 is 0 Å². The molecule has 0 bridgehead atoms. The van der Waals surface area contributed by atoms with Crippen LogP contribution in [0.25, 0.3) is 0 Å². The van der Waals surface area contributed by atoms with Crippen molar-refractivity contribution in [2.75, 3.05) is 19.8 Å². The van der Waals surface area contributed by atoms with Gasteiger partial charge in [0, 0.05) is 6.54 Å². The summed E-state index contributed by atoms with van der Waals surface area (Å²) in [6.07, 6.45) is 2.17. The van der Waals surface area contributed by atoms with Gasteiger partial charge in [0.2, 0.25) is 0 Å². The molecule has 0 atom stereocenters. The van der Waals surface area contributed by atoms with Crippen molar-refractivity contribution in [2.45, 2.75) is 33.6 Å². The summed E-state index contributed by atoms with van der Waals surface area (Å²) in [4.78, 5) is 11.5. The number of amides is 1. The van der Waals surface area contributed by atoms with Gasteiger partial charge in [0.05, 0.1) is 6.61 Å². The molecular weight excluding hydrogens is 254 g/mol. The summed E-state index contributed by atoms with van der Waals surface area (Å²) in [6.45, 7) is 7.69. The number of hydrogen-bond acceptors (Lipinski definition) is 3. The van der Waals surface area contributed by atoms with E-state index in [1.807, 2.05) is 24.3 Å². The largest absolute Gasteiger partial charge is 0.494 e. The molecule has 1 N–H and O–H groups in total. The molecule has 1 rings (SSSR count). The molecule has 0 saturated carbocycles. The molecule has 0 aliphatic heterocycles. The number of unbranched alkanes of at least 4 members (excludes halogenated alkanes) is 1. The topological polar surface area (TPSA) is 47.6 Å². The van der Waals surface area contributed by atoms with E-state index in [-0.39, 0.29) is 12.5 Å². The lowest BCUT2D eigenvalue weighted by Crippen LogP contribution is -2.31. The van der Waals surface area contributed by atoms with E-state index in [4.69, 9.17) is 9.47 Å². The Morgan fingerprint density at radius 3 is 2.30 bits per heavy atom. The molecule has 0 radical (unpaired) electrons. The molecule has 0 aliphatic carbocycles. The van der Waals surface area contributed by atoms with E-state index in [0.29, 0.717) is 18.2 Å². The first-order chi connectivity index (χ1) is 9.61. The minimum atomic E-state index is -0.0954. The molecule has 1 aromatic carbocycles. The first-order valence-corrected chi connectivity index (χ1v) is 7.24. The van der Waals surface area contributed by atoms with Crippen molar-refractivity contribution in [1.82, 2.24) is 5.32 Å². The van der Waals surface area contributed by atoms with E-state index in [2.05, 4.69) is 26.1 Å². The minimum absolute atomic E-state index is 0.0444. The number of carbonyl (C=O) groups excluding carboxylic acids is 1. The van der Waals surface area contributed by atoms with Gasteiger partial charge in [0.15, 0.2) is 6.61 Å². The van der Waals surface area contributed by atoms with E-state index in [9.17, 15) is 4.79 Å². The fourth-order valence-corrected chi connectivity index (χ4v) is 1.48. The summed E-state index contributed by atoms with van der Waals surface area (Å²) in [7, 11) is 0. The van der Waals surface area contributed by atoms with Gasteiger partial charge in [-0.15, -0.1) is 0 Å². The van der Waals surface area contributed by atoms with E-state index in [0.717, 1.165) is 25.2 Å². The lowest BCUT2D eigenvalue weighted by atomic mass is 10.2. The van der Waals surface area contributed by atoms with Gasteiger partial charge in [-0.1, -0.05) is 27.2 Å². The van der Waals surface area contributed by atoms with Crippen LogP contribution in [0.4, 0.5) is 0 Å². The van der Waals surface area contributed by atoms with Gasteiger partial charge in [0.25, 0.3) is 5.91 Å². The van der Waals surface area contributed by atoms with Crippen molar-refractivity contribution in [3.05, 3.63) is 24.3 Å². The molecule has 0 aliphatic rings. The maximum atomic E-state index is 11.5. The van der Waals surface area contributed by atoms with Gasteiger partial charge in [-0.3, -0.25) is 4.79 Å². The first-order valence-electron chi connectivity index (χ1n) is 7.24. The SMILES string of the molecule is CCCCOc1ccc(OCC(=O)NCC(C)C)cc1. The third-order valence-corrected chi connectivity index (χ3v) is 2.67. The predicted molar refractivity (Wildman–Crippen MR) is 80.2 cm³/mol. The summed E-state index contributed by atoms with van der Waals surface area (Å²) in [5.41, 5.74) is 0. The Hall–Kier alpha value is -1.71. The van der Waals surface area contributed by atoms with Crippen molar-refractivity contribution in [3.8, 4) is 11.5 Å². The van der Waals surface area contributed by atoms with Gasteiger partial charge in [-0.25, -0.2) is 0 Å². The average molecular weight is 279 g/mol. The smallest absolute Gasteiger partial charge is 0.257 e. The lowest BCUT2D eigenvalue weighted by molar-refractivity contribution is -0.123. The van der Waals surface area contributed by atoms with Crippen LogP contribution in [-0.4, -0.2) is 25.7 Å². The highest BCUT2D eigenvalue weighted by molar-refractivity contribution is 5.77. The van der Waals surface area contributed by atoms with Crippen LogP contribution in [0, 0.1) is 5.92 Å². The second kappa shape index (κ2) is 9.23. The third kappa shape index (κ3) is 7.02. The number of benzene rings is 1.